The van der Waals surface area contributed by atoms with Crippen molar-refractivity contribution in [3.63, 3.8) is 0 Å². The molecule has 0 spiro atoms. The van der Waals surface area contributed by atoms with Gasteiger partial charge in [-0.05, 0) is 24.0 Å². The van der Waals surface area contributed by atoms with Crippen molar-refractivity contribution in [3.05, 3.63) is 28.3 Å². The highest BCUT2D eigenvalue weighted by atomic mass is 32.2. The van der Waals surface area contributed by atoms with Gasteiger partial charge in [-0.2, -0.15) is 0 Å². The molecule has 0 amide bonds. The van der Waals surface area contributed by atoms with Crippen LogP contribution < -0.4 is 10.5 Å². The molecule has 104 valence electrons. The highest BCUT2D eigenvalue weighted by Crippen LogP contribution is 2.45. The maximum Gasteiger partial charge on any atom is 0.289 e. The van der Waals surface area contributed by atoms with Gasteiger partial charge >= 0.3 is 0 Å². The van der Waals surface area contributed by atoms with Gasteiger partial charge < -0.3 is 5.73 Å². The summed E-state index contributed by atoms with van der Waals surface area (Å²) in [6, 6.07) is 3.31. The van der Waals surface area contributed by atoms with E-state index in [1.54, 1.807) is 0 Å². The number of anilines is 1. The third-order valence-electron chi connectivity index (χ3n) is 3.28. The Morgan fingerprint density at radius 2 is 2.05 bits per heavy atom. The molecule has 0 aliphatic heterocycles. The molecule has 0 heterocycles. The van der Waals surface area contributed by atoms with Gasteiger partial charge in [-0.15, -0.1) is 0 Å². The molecule has 2 rings (SSSR count). The Labute approximate surface area is 111 Å². The molecule has 0 radical (unpaired) electrons. The van der Waals surface area contributed by atoms with Crippen molar-refractivity contribution in [2.45, 2.75) is 31.2 Å². The Morgan fingerprint density at radius 1 is 1.47 bits per heavy atom. The van der Waals surface area contributed by atoms with Crippen LogP contribution in [0.1, 0.15) is 20.3 Å². The third kappa shape index (κ3) is 2.69. The highest BCUT2D eigenvalue weighted by molar-refractivity contribution is 7.89. The Bertz CT molecular complexity index is 639. The Kier molecular flexibility index (Phi) is 3.02. The number of rotatable bonds is 4. The van der Waals surface area contributed by atoms with Crippen molar-refractivity contribution < 1.29 is 13.3 Å². The van der Waals surface area contributed by atoms with Gasteiger partial charge in [0.1, 0.15) is 0 Å². The zero-order valence-corrected chi connectivity index (χ0v) is 11.4. The second kappa shape index (κ2) is 4.17. The molecule has 1 fully saturated rings. The lowest BCUT2D eigenvalue weighted by molar-refractivity contribution is -0.387. The van der Waals surface area contributed by atoms with E-state index >= 15 is 0 Å². The normalized spacial score (nSPS) is 21.1. The number of sulfonamides is 1. The van der Waals surface area contributed by atoms with Gasteiger partial charge in [-0.1, -0.05) is 13.8 Å². The number of nitrogens with one attached hydrogen (secondary N) is 1. The maximum absolute atomic E-state index is 12.2. The molecule has 1 atom stereocenters. The lowest BCUT2D eigenvalue weighted by Crippen LogP contribution is -2.29. The van der Waals surface area contributed by atoms with E-state index in [9.17, 15) is 18.5 Å². The lowest BCUT2D eigenvalue weighted by atomic mass is 10.2. The average Bonchev–Trinajstić information content (AvgIpc) is 2.84. The van der Waals surface area contributed by atoms with Gasteiger partial charge in [0.25, 0.3) is 5.69 Å². The van der Waals surface area contributed by atoms with Gasteiger partial charge in [0, 0.05) is 17.8 Å². The van der Waals surface area contributed by atoms with E-state index in [4.69, 9.17) is 5.73 Å². The smallest absolute Gasteiger partial charge is 0.289 e. The van der Waals surface area contributed by atoms with E-state index in [2.05, 4.69) is 4.72 Å². The van der Waals surface area contributed by atoms with E-state index in [0.29, 0.717) is 6.42 Å². The molecule has 3 N–H and O–H groups in total. The zero-order chi connectivity index (χ0) is 14.4. The maximum atomic E-state index is 12.2. The Balaban J connectivity index is 2.40. The number of nitrogen functional groups attached to an aromatic ring is 1. The molecule has 19 heavy (non-hydrogen) atoms. The third-order valence-corrected chi connectivity index (χ3v) is 4.78. The van der Waals surface area contributed by atoms with Gasteiger partial charge in [0.2, 0.25) is 10.0 Å². The van der Waals surface area contributed by atoms with Crippen LogP contribution in [-0.4, -0.2) is 19.4 Å². The van der Waals surface area contributed by atoms with E-state index in [1.807, 2.05) is 13.8 Å². The molecule has 1 aromatic carbocycles. The van der Waals surface area contributed by atoms with Gasteiger partial charge in [-0.25, -0.2) is 13.1 Å². The monoisotopic (exact) mass is 285 g/mol. The summed E-state index contributed by atoms with van der Waals surface area (Å²) in [5, 5.41) is 10.9. The summed E-state index contributed by atoms with van der Waals surface area (Å²) in [7, 11) is -3.94. The first kappa shape index (κ1) is 13.8. The van der Waals surface area contributed by atoms with Crippen molar-refractivity contribution >= 4 is 21.4 Å². The molecule has 1 aliphatic rings. The first-order valence-corrected chi connectivity index (χ1v) is 7.18. The molecule has 1 aliphatic carbocycles. The largest absolute Gasteiger partial charge is 0.399 e. The minimum atomic E-state index is -3.94. The summed E-state index contributed by atoms with van der Waals surface area (Å²) >= 11 is 0. The number of hydrogen-bond donors (Lipinski definition) is 2. The number of nitro groups is 1. The molecular weight excluding hydrogens is 270 g/mol. The van der Waals surface area contributed by atoms with Crippen molar-refractivity contribution in [1.82, 2.24) is 4.72 Å². The molecule has 1 aromatic rings. The van der Waals surface area contributed by atoms with Gasteiger partial charge in [0.05, 0.1) is 4.92 Å². The van der Waals surface area contributed by atoms with Crippen LogP contribution in [0.3, 0.4) is 0 Å². The summed E-state index contributed by atoms with van der Waals surface area (Å²) < 4.78 is 26.8. The Hall–Kier alpha value is -1.67. The molecule has 0 saturated heterocycles. The average molecular weight is 285 g/mol. The predicted octanol–water partition coefficient (Wildman–Crippen LogP) is 1.25. The molecule has 0 bridgehead atoms. The van der Waals surface area contributed by atoms with Crippen molar-refractivity contribution in [1.29, 1.82) is 0 Å². The molecule has 1 saturated carbocycles. The van der Waals surface area contributed by atoms with E-state index in [-0.39, 0.29) is 22.0 Å². The summed E-state index contributed by atoms with van der Waals surface area (Å²) in [6.45, 7) is 3.85. The van der Waals surface area contributed by atoms with Crippen LogP contribution in [0.15, 0.2) is 23.1 Å². The second-order valence-electron chi connectivity index (χ2n) is 5.35. The summed E-state index contributed by atoms with van der Waals surface area (Å²) in [6.07, 6.45) is 0.711. The van der Waals surface area contributed by atoms with Crippen LogP contribution in [0.2, 0.25) is 0 Å². The number of nitrogens with zero attached hydrogens (tertiary/aromatic N) is 1. The molecule has 0 aromatic heterocycles. The van der Waals surface area contributed by atoms with Crippen molar-refractivity contribution in [2.75, 3.05) is 5.73 Å². The molecule has 1 unspecified atom stereocenters. The minimum Gasteiger partial charge on any atom is -0.399 e. The molecular formula is C11H15N3O4S. The summed E-state index contributed by atoms with van der Waals surface area (Å²) in [5.74, 6) is 0. The predicted molar refractivity (Wildman–Crippen MR) is 70.0 cm³/mol. The van der Waals surface area contributed by atoms with Crippen LogP contribution >= 0.6 is 0 Å². The standard InChI is InChI=1S/C11H15N3O4S/c1-11(2)6-10(11)13-19(17,18)9-5-7(12)3-4-8(9)14(15)16/h3-5,10,13H,6,12H2,1-2H3. The van der Waals surface area contributed by atoms with Gasteiger partial charge in [-0.3, -0.25) is 10.1 Å². The fourth-order valence-electron chi connectivity index (χ4n) is 1.82. The molecule has 8 heteroatoms. The fourth-order valence-corrected chi connectivity index (χ4v) is 3.43. The first-order valence-electron chi connectivity index (χ1n) is 5.70. The summed E-state index contributed by atoms with van der Waals surface area (Å²) in [4.78, 5) is 9.76. The highest BCUT2D eigenvalue weighted by Gasteiger charge is 2.48. The number of hydrogen-bond acceptors (Lipinski definition) is 5. The van der Waals surface area contributed by atoms with Crippen molar-refractivity contribution in [2.24, 2.45) is 5.41 Å². The minimum absolute atomic E-state index is 0.109. The Morgan fingerprint density at radius 3 is 2.53 bits per heavy atom. The second-order valence-corrected chi connectivity index (χ2v) is 7.03. The van der Waals surface area contributed by atoms with Crippen LogP contribution in [0.4, 0.5) is 11.4 Å². The quantitative estimate of drug-likeness (QED) is 0.491. The SMILES string of the molecule is CC1(C)CC1NS(=O)(=O)c1cc(N)ccc1[N+](=O)[O-]. The van der Waals surface area contributed by atoms with Crippen LogP contribution in [0, 0.1) is 15.5 Å². The topological polar surface area (TPSA) is 115 Å². The summed E-state index contributed by atoms with van der Waals surface area (Å²) in [5.41, 5.74) is 5.10. The molecule has 7 nitrogen and oxygen atoms in total. The van der Waals surface area contributed by atoms with Crippen molar-refractivity contribution in [3.8, 4) is 0 Å². The number of benzene rings is 1. The van der Waals surface area contributed by atoms with E-state index in [1.165, 1.54) is 6.07 Å². The first-order chi connectivity index (χ1) is 8.63. The zero-order valence-electron chi connectivity index (χ0n) is 10.6. The van der Waals surface area contributed by atoms with E-state index < -0.39 is 20.6 Å². The fraction of sp³-hybridized carbons (Fsp3) is 0.455. The number of nitrogens with two attached hydrogens (primary N) is 1. The lowest BCUT2D eigenvalue weighted by Gasteiger charge is -2.09. The van der Waals surface area contributed by atoms with Gasteiger partial charge in [0.15, 0.2) is 4.90 Å². The van der Waals surface area contributed by atoms with Crippen LogP contribution in [0.25, 0.3) is 0 Å². The number of nitro benzene ring substituents is 1. The van der Waals surface area contributed by atoms with Crippen LogP contribution in [-0.2, 0) is 10.0 Å². The van der Waals surface area contributed by atoms with E-state index in [0.717, 1.165) is 12.1 Å². The van der Waals surface area contributed by atoms with Crippen LogP contribution in [0.5, 0.6) is 0 Å².